The minimum absolute atomic E-state index is 0.0279. The Morgan fingerprint density at radius 1 is 0.862 bits per heavy atom. The number of ether oxygens (including phenoxy) is 4. The molecular weight excluding hydrogens is 382 g/mol. The number of carbonyl (C=O) groups is 4. The van der Waals surface area contributed by atoms with Gasteiger partial charge in [0, 0.05) is 19.0 Å². The van der Waals surface area contributed by atoms with E-state index in [0.29, 0.717) is 19.4 Å². The molecule has 0 N–H and O–H groups in total. The second-order valence-corrected chi connectivity index (χ2v) is 7.74. The van der Waals surface area contributed by atoms with Crippen molar-refractivity contribution < 1.29 is 38.1 Å². The van der Waals surface area contributed by atoms with Crippen LogP contribution in [0.1, 0.15) is 60.8 Å². The summed E-state index contributed by atoms with van der Waals surface area (Å²) in [5.74, 6) is -3.10. The fourth-order valence-electron chi connectivity index (χ4n) is 3.23. The Morgan fingerprint density at radius 3 is 1.69 bits per heavy atom. The zero-order chi connectivity index (χ0) is 22.2. The summed E-state index contributed by atoms with van der Waals surface area (Å²) in [7, 11) is 0. The van der Waals surface area contributed by atoms with Crippen molar-refractivity contribution in [3.63, 3.8) is 0 Å². The highest BCUT2D eigenvalue weighted by Crippen LogP contribution is 2.36. The van der Waals surface area contributed by atoms with Gasteiger partial charge in [-0.25, -0.2) is 4.79 Å². The monoisotopic (exact) mass is 415 g/mol. The Morgan fingerprint density at radius 2 is 1.31 bits per heavy atom. The number of rotatable bonds is 8. The molecule has 1 aliphatic heterocycles. The SMILES string of the molecule is CCOC(=O)C(C[C@H]1CCCN1C(=O)OC(C)(C)C)(C(=O)OCC)C(=O)OCC. The van der Waals surface area contributed by atoms with E-state index in [2.05, 4.69) is 0 Å². The van der Waals surface area contributed by atoms with Crippen molar-refractivity contribution in [1.29, 1.82) is 0 Å². The fraction of sp³-hybridized carbons (Fsp3) is 0.800. The summed E-state index contributed by atoms with van der Waals surface area (Å²) in [6, 6.07) is -0.580. The molecule has 1 saturated heterocycles. The maximum Gasteiger partial charge on any atom is 0.410 e. The number of nitrogens with zero attached hydrogens (tertiary/aromatic N) is 1. The van der Waals surface area contributed by atoms with Gasteiger partial charge in [-0.1, -0.05) is 0 Å². The molecule has 0 aromatic rings. The van der Waals surface area contributed by atoms with Gasteiger partial charge in [-0.3, -0.25) is 14.4 Å². The van der Waals surface area contributed by atoms with E-state index in [1.807, 2.05) is 0 Å². The molecule has 9 heteroatoms. The molecule has 0 aliphatic carbocycles. The van der Waals surface area contributed by atoms with Crippen LogP contribution in [0, 0.1) is 5.41 Å². The van der Waals surface area contributed by atoms with E-state index >= 15 is 0 Å². The zero-order valence-electron chi connectivity index (χ0n) is 18.2. The van der Waals surface area contributed by atoms with Crippen molar-refractivity contribution in [2.75, 3.05) is 26.4 Å². The maximum atomic E-state index is 12.8. The van der Waals surface area contributed by atoms with E-state index < -0.39 is 41.1 Å². The van der Waals surface area contributed by atoms with Gasteiger partial charge in [-0.05, 0) is 54.4 Å². The van der Waals surface area contributed by atoms with Gasteiger partial charge in [0.1, 0.15) is 5.60 Å². The first-order valence-electron chi connectivity index (χ1n) is 10.0. The van der Waals surface area contributed by atoms with Crippen LogP contribution in [0.15, 0.2) is 0 Å². The first-order chi connectivity index (χ1) is 13.5. The molecule has 29 heavy (non-hydrogen) atoms. The molecule has 1 heterocycles. The first-order valence-corrected chi connectivity index (χ1v) is 10.0. The van der Waals surface area contributed by atoms with Crippen LogP contribution >= 0.6 is 0 Å². The number of amides is 1. The highest BCUT2D eigenvalue weighted by Gasteiger charge is 2.59. The van der Waals surface area contributed by atoms with Crippen molar-refractivity contribution in [3.05, 3.63) is 0 Å². The van der Waals surface area contributed by atoms with Crippen molar-refractivity contribution >= 4 is 24.0 Å². The molecule has 1 aliphatic rings. The zero-order valence-corrected chi connectivity index (χ0v) is 18.2. The smallest absolute Gasteiger partial charge is 0.410 e. The quantitative estimate of drug-likeness (QED) is 0.338. The minimum atomic E-state index is -2.29. The Balaban J connectivity index is 3.30. The first kappa shape index (κ1) is 24.7. The largest absolute Gasteiger partial charge is 0.465 e. The van der Waals surface area contributed by atoms with Gasteiger partial charge in [0.05, 0.1) is 19.8 Å². The summed E-state index contributed by atoms with van der Waals surface area (Å²) in [5.41, 5.74) is -3.00. The molecule has 0 aromatic heterocycles. The molecule has 1 amide bonds. The van der Waals surface area contributed by atoms with Gasteiger partial charge in [0.2, 0.25) is 0 Å². The highest BCUT2D eigenvalue weighted by atomic mass is 16.6. The maximum absolute atomic E-state index is 12.8. The summed E-state index contributed by atoms with van der Waals surface area (Å²) in [6.07, 6.45) is 0.293. The summed E-state index contributed by atoms with van der Waals surface area (Å²) in [4.78, 5) is 52.5. The summed E-state index contributed by atoms with van der Waals surface area (Å²) in [6.45, 7) is 10.3. The molecule has 0 aromatic carbocycles. The molecule has 0 radical (unpaired) electrons. The normalized spacial score (nSPS) is 16.9. The average molecular weight is 415 g/mol. The molecular formula is C20H33NO8. The molecule has 0 saturated carbocycles. The summed E-state index contributed by atoms with van der Waals surface area (Å²) >= 11 is 0. The van der Waals surface area contributed by atoms with Crippen molar-refractivity contribution in [2.24, 2.45) is 5.41 Å². The van der Waals surface area contributed by atoms with Crippen molar-refractivity contribution in [3.8, 4) is 0 Å². The van der Waals surface area contributed by atoms with Gasteiger partial charge >= 0.3 is 24.0 Å². The van der Waals surface area contributed by atoms with Crippen LogP contribution in [0.5, 0.6) is 0 Å². The van der Waals surface area contributed by atoms with Gasteiger partial charge in [0.25, 0.3) is 5.41 Å². The Bertz CT molecular complexity index is 565. The molecule has 0 spiro atoms. The Kier molecular flexibility index (Phi) is 8.91. The molecule has 1 fully saturated rings. The second-order valence-electron chi connectivity index (χ2n) is 7.74. The van der Waals surface area contributed by atoms with Gasteiger partial charge in [-0.15, -0.1) is 0 Å². The number of esters is 3. The van der Waals surface area contributed by atoms with Gasteiger partial charge in [0.15, 0.2) is 0 Å². The average Bonchev–Trinajstić information content (AvgIpc) is 3.06. The van der Waals surface area contributed by atoms with E-state index in [-0.39, 0.29) is 26.2 Å². The van der Waals surface area contributed by atoms with E-state index in [9.17, 15) is 19.2 Å². The third kappa shape index (κ3) is 6.08. The summed E-state index contributed by atoms with van der Waals surface area (Å²) < 4.78 is 20.6. The van der Waals surface area contributed by atoms with Gasteiger partial charge < -0.3 is 23.8 Å². The fourth-order valence-corrected chi connectivity index (χ4v) is 3.23. The molecule has 1 rings (SSSR count). The van der Waals surface area contributed by atoms with Crippen molar-refractivity contribution in [1.82, 2.24) is 4.90 Å². The van der Waals surface area contributed by atoms with E-state index in [4.69, 9.17) is 18.9 Å². The lowest BCUT2D eigenvalue weighted by molar-refractivity contribution is -0.185. The topological polar surface area (TPSA) is 108 Å². The molecule has 0 bridgehead atoms. The molecule has 0 unspecified atom stereocenters. The highest BCUT2D eigenvalue weighted by molar-refractivity contribution is 6.18. The number of likely N-dealkylation sites (tertiary alicyclic amines) is 1. The van der Waals surface area contributed by atoms with E-state index in [1.165, 1.54) is 4.90 Å². The van der Waals surface area contributed by atoms with Crippen LogP contribution in [-0.2, 0) is 33.3 Å². The predicted octanol–water partition coefficient (Wildman–Crippen LogP) is 2.45. The molecule has 166 valence electrons. The predicted molar refractivity (Wildman–Crippen MR) is 103 cm³/mol. The number of hydrogen-bond acceptors (Lipinski definition) is 8. The third-order valence-corrected chi connectivity index (χ3v) is 4.42. The van der Waals surface area contributed by atoms with E-state index in [0.717, 1.165) is 0 Å². The van der Waals surface area contributed by atoms with Crippen LogP contribution in [0.25, 0.3) is 0 Å². The lowest BCUT2D eigenvalue weighted by Crippen LogP contribution is -2.53. The van der Waals surface area contributed by atoms with Crippen LogP contribution in [0.4, 0.5) is 4.79 Å². The lowest BCUT2D eigenvalue weighted by Gasteiger charge is -2.33. The third-order valence-electron chi connectivity index (χ3n) is 4.42. The standard InChI is InChI=1S/C20H33NO8/c1-7-26-15(22)20(16(23)27-8-2,17(24)28-9-3)13-14-11-10-12-21(14)18(25)29-19(4,5)6/h14H,7-13H2,1-6H3/t14-/m1/s1. The molecule has 9 nitrogen and oxygen atoms in total. The van der Waals surface area contributed by atoms with Crippen molar-refractivity contribution in [2.45, 2.75) is 72.4 Å². The van der Waals surface area contributed by atoms with Crippen LogP contribution in [0.2, 0.25) is 0 Å². The van der Waals surface area contributed by atoms with Gasteiger partial charge in [-0.2, -0.15) is 0 Å². The van der Waals surface area contributed by atoms with Crippen LogP contribution < -0.4 is 0 Å². The van der Waals surface area contributed by atoms with E-state index in [1.54, 1.807) is 41.5 Å². The molecule has 1 atom stereocenters. The van der Waals surface area contributed by atoms with Crippen LogP contribution in [-0.4, -0.2) is 66.9 Å². The Labute approximate surface area is 172 Å². The Hall–Kier alpha value is -2.32. The number of hydrogen-bond donors (Lipinski definition) is 0. The summed E-state index contributed by atoms with van der Waals surface area (Å²) in [5, 5.41) is 0. The lowest BCUT2D eigenvalue weighted by atomic mass is 9.80. The number of carbonyl (C=O) groups excluding carboxylic acids is 4. The minimum Gasteiger partial charge on any atom is -0.465 e. The second kappa shape index (κ2) is 10.5. The van der Waals surface area contributed by atoms with Crippen LogP contribution in [0.3, 0.4) is 0 Å².